The maximum atomic E-state index is 13.0. The largest absolute Gasteiger partial charge is 0.492 e. The average molecular weight is 422 g/mol. The van der Waals surface area contributed by atoms with Gasteiger partial charge in [0.1, 0.15) is 24.0 Å². The third-order valence-corrected chi connectivity index (χ3v) is 5.08. The predicted molar refractivity (Wildman–Crippen MR) is 112 cm³/mol. The van der Waals surface area contributed by atoms with E-state index in [4.69, 9.17) is 4.74 Å². The van der Waals surface area contributed by atoms with Gasteiger partial charge >= 0.3 is 0 Å². The quantitative estimate of drug-likeness (QED) is 0.651. The van der Waals surface area contributed by atoms with Gasteiger partial charge in [0.15, 0.2) is 0 Å². The molecule has 1 atom stereocenters. The summed E-state index contributed by atoms with van der Waals surface area (Å²) in [5.74, 6) is -0.958. The number of halogens is 2. The van der Waals surface area contributed by atoms with Crippen LogP contribution in [0.15, 0.2) is 66.7 Å². The molecule has 0 saturated carbocycles. The molecule has 158 valence electrons. The minimum absolute atomic E-state index is 0.157. The summed E-state index contributed by atoms with van der Waals surface area (Å²) in [5, 5.41) is 5.62. The Labute approximate surface area is 178 Å². The summed E-state index contributed by atoms with van der Waals surface area (Å²) < 4.78 is 31.8. The highest BCUT2D eigenvalue weighted by Crippen LogP contribution is 2.30. The fourth-order valence-electron chi connectivity index (χ4n) is 3.38. The van der Waals surface area contributed by atoms with Gasteiger partial charge in [0.25, 0.3) is 5.91 Å². The molecule has 2 amide bonds. The van der Waals surface area contributed by atoms with E-state index < -0.39 is 5.82 Å². The van der Waals surface area contributed by atoms with Gasteiger partial charge in [-0.15, -0.1) is 0 Å². The zero-order valence-corrected chi connectivity index (χ0v) is 16.5. The number of ether oxygens (including phenoxy) is 1. The lowest BCUT2D eigenvalue weighted by Crippen LogP contribution is -2.37. The van der Waals surface area contributed by atoms with Crippen molar-refractivity contribution in [2.75, 3.05) is 11.9 Å². The Bertz CT molecular complexity index is 1100. The van der Waals surface area contributed by atoms with E-state index in [1.807, 2.05) is 0 Å². The second-order valence-electron chi connectivity index (χ2n) is 7.34. The average Bonchev–Trinajstić information content (AvgIpc) is 2.78. The topological polar surface area (TPSA) is 67.4 Å². The van der Waals surface area contributed by atoms with E-state index in [1.165, 1.54) is 36.4 Å². The number of nitrogens with one attached hydrogen (secondary N) is 2. The van der Waals surface area contributed by atoms with E-state index in [9.17, 15) is 18.4 Å². The molecule has 1 aliphatic heterocycles. The highest BCUT2D eigenvalue weighted by molar-refractivity contribution is 6.04. The number of rotatable bonds is 5. The van der Waals surface area contributed by atoms with Crippen LogP contribution in [0.25, 0.3) is 0 Å². The smallest absolute Gasteiger partial charge is 0.255 e. The first-order valence-electron chi connectivity index (χ1n) is 9.83. The zero-order valence-electron chi connectivity index (χ0n) is 16.5. The molecule has 0 unspecified atom stereocenters. The second kappa shape index (κ2) is 8.95. The summed E-state index contributed by atoms with van der Waals surface area (Å²) in [6.45, 7) is 0.555. The van der Waals surface area contributed by atoms with Crippen molar-refractivity contribution in [1.29, 1.82) is 0 Å². The van der Waals surface area contributed by atoms with Crippen LogP contribution in [0.3, 0.4) is 0 Å². The number of hydrogen-bond donors (Lipinski definition) is 2. The maximum Gasteiger partial charge on any atom is 0.255 e. The molecule has 0 aliphatic carbocycles. The van der Waals surface area contributed by atoms with Gasteiger partial charge in [-0.25, -0.2) is 8.78 Å². The van der Waals surface area contributed by atoms with Crippen LogP contribution in [-0.4, -0.2) is 18.4 Å². The number of benzene rings is 3. The molecule has 7 heteroatoms. The van der Waals surface area contributed by atoms with Crippen molar-refractivity contribution in [3.8, 4) is 5.75 Å². The van der Waals surface area contributed by atoms with E-state index >= 15 is 0 Å². The molecule has 0 aromatic heterocycles. The van der Waals surface area contributed by atoms with E-state index in [1.54, 1.807) is 30.3 Å². The van der Waals surface area contributed by atoms with E-state index in [0.29, 0.717) is 30.0 Å². The molecule has 0 fully saturated rings. The lowest BCUT2D eigenvalue weighted by atomic mass is 9.95. The van der Waals surface area contributed by atoms with Crippen molar-refractivity contribution < 1.29 is 23.1 Å². The van der Waals surface area contributed by atoms with Crippen LogP contribution in [0.1, 0.15) is 21.5 Å². The van der Waals surface area contributed by atoms with Gasteiger partial charge in [0.2, 0.25) is 5.91 Å². The molecule has 5 nitrogen and oxygen atoms in total. The number of fused-ring (bicyclic) bond motifs is 1. The van der Waals surface area contributed by atoms with Crippen LogP contribution in [0.2, 0.25) is 0 Å². The molecule has 1 aliphatic rings. The Hall–Kier alpha value is -3.74. The molecule has 4 rings (SSSR count). The first kappa shape index (κ1) is 20.5. The van der Waals surface area contributed by atoms with Gasteiger partial charge < -0.3 is 15.4 Å². The summed E-state index contributed by atoms with van der Waals surface area (Å²) in [6, 6.07) is 16.5. The highest BCUT2D eigenvalue weighted by Gasteiger charge is 2.26. The number of hydrogen-bond acceptors (Lipinski definition) is 3. The van der Waals surface area contributed by atoms with E-state index in [-0.39, 0.29) is 30.2 Å². The summed E-state index contributed by atoms with van der Waals surface area (Å²) in [5.41, 5.74) is 2.51. The van der Waals surface area contributed by atoms with Gasteiger partial charge in [-0.3, -0.25) is 9.59 Å². The fraction of sp³-hybridized carbons (Fsp3) is 0.167. The first-order chi connectivity index (χ1) is 15.0. The molecule has 31 heavy (non-hydrogen) atoms. The Morgan fingerprint density at radius 2 is 1.61 bits per heavy atom. The molecule has 0 radical (unpaired) electrons. The Kier molecular flexibility index (Phi) is 5.93. The number of amides is 2. The zero-order chi connectivity index (χ0) is 21.8. The lowest BCUT2D eigenvalue weighted by molar-refractivity contribution is -0.126. The van der Waals surface area contributed by atoms with Crippen molar-refractivity contribution in [3.63, 3.8) is 0 Å². The van der Waals surface area contributed by atoms with E-state index in [2.05, 4.69) is 10.6 Å². The van der Waals surface area contributed by atoms with Crippen LogP contribution in [-0.2, 0) is 17.8 Å². The number of anilines is 1. The lowest BCUT2D eigenvalue weighted by Gasteiger charge is -2.25. The summed E-state index contributed by atoms with van der Waals surface area (Å²) in [6.07, 6.45) is 0.463. The van der Waals surface area contributed by atoms with Gasteiger partial charge in [0.05, 0.1) is 5.92 Å². The molecule has 2 N–H and O–H groups in total. The van der Waals surface area contributed by atoms with Crippen molar-refractivity contribution in [2.24, 2.45) is 5.92 Å². The Balaban J connectivity index is 1.38. The van der Waals surface area contributed by atoms with Crippen molar-refractivity contribution in [3.05, 3.63) is 95.1 Å². The van der Waals surface area contributed by atoms with Crippen LogP contribution in [0.4, 0.5) is 14.5 Å². The summed E-state index contributed by atoms with van der Waals surface area (Å²) in [4.78, 5) is 24.9. The monoisotopic (exact) mass is 422 g/mol. The first-order valence-corrected chi connectivity index (χ1v) is 9.83. The molecule has 0 bridgehead atoms. The Morgan fingerprint density at radius 1 is 0.935 bits per heavy atom. The normalized spacial score (nSPS) is 14.8. The van der Waals surface area contributed by atoms with Gasteiger partial charge in [0, 0.05) is 17.8 Å². The standard InChI is InChI=1S/C24H20F2N2O3/c25-19-5-1-15(2-6-19)13-27-23(29)18-11-17-12-21(9-10-22(17)31-14-18)28-24(30)16-3-7-20(26)8-4-16/h1-10,12,18H,11,13-14H2,(H,27,29)(H,28,30)/t18-/m1/s1. The molecule has 0 saturated heterocycles. The number of carbonyl (C=O) groups excluding carboxylic acids is 2. The minimum Gasteiger partial charge on any atom is -0.492 e. The van der Waals surface area contributed by atoms with Crippen molar-refractivity contribution >= 4 is 17.5 Å². The van der Waals surface area contributed by atoms with Crippen LogP contribution in [0, 0.1) is 17.6 Å². The second-order valence-corrected chi connectivity index (χ2v) is 7.34. The van der Waals surface area contributed by atoms with Crippen LogP contribution < -0.4 is 15.4 Å². The third-order valence-electron chi connectivity index (χ3n) is 5.08. The van der Waals surface area contributed by atoms with E-state index in [0.717, 1.165) is 11.1 Å². The predicted octanol–water partition coefficient (Wildman–Crippen LogP) is 4.08. The SMILES string of the molecule is O=C(Nc1ccc2c(c1)C[C@@H](C(=O)NCc1ccc(F)cc1)CO2)c1ccc(F)cc1. The van der Waals surface area contributed by atoms with Crippen molar-refractivity contribution in [2.45, 2.75) is 13.0 Å². The molecule has 3 aromatic rings. The molecule has 3 aromatic carbocycles. The summed E-state index contributed by atoms with van der Waals surface area (Å²) in [7, 11) is 0. The van der Waals surface area contributed by atoms with Crippen molar-refractivity contribution in [1.82, 2.24) is 5.32 Å². The van der Waals surface area contributed by atoms with Gasteiger partial charge in [-0.2, -0.15) is 0 Å². The molecular weight excluding hydrogens is 402 g/mol. The van der Waals surface area contributed by atoms with Crippen LogP contribution >= 0.6 is 0 Å². The summed E-state index contributed by atoms with van der Waals surface area (Å²) >= 11 is 0. The minimum atomic E-state index is -0.411. The maximum absolute atomic E-state index is 13.0. The molecule has 1 heterocycles. The van der Waals surface area contributed by atoms with Gasteiger partial charge in [-0.1, -0.05) is 12.1 Å². The molecule has 0 spiro atoms. The van der Waals surface area contributed by atoms with Crippen LogP contribution in [0.5, 0.6) is 5.75 Å². The third kappa shape index (κ3) is 5.06. The highest BCUT2D eigenvalue weighted by atomic mass is 19.1. The number of carbonyl (C=O) groups is 2. The molecular formula is C24H20F2N2O3. The Morgan fingerprint density at radius 3 is 2.32 bits per heavy atom. The van der Waals surface area contributed by atoms with Gasteiger partial charge in [-0.05, 0) is 72.1 Å². The fourth-order valence-corrected chi connectivity index (χ4v) is 3.38.